The summed E-state index contributed by atoms with van der Waals surface area (Å²) in [5, 5.41) is 3.45. The molecule has 1 aromatic carbocycles. The van der Waals surface area contributed by atoms with Crippen LogP contribution in [0.1, 0.15) is 25.0 Å². The van der Waals surface area contributed by atoms with Gasteiger partial charge in [-0.3, -0.25) is 0 Å². The zero-order valence-corrected chi connectivity index (χ0v) is 10.8. The first-order valence-electron chi connectivity index (χ1n) is 5.97. The van der Waals surface area contributed by atoms with Gasteiger partial charge in [0.2, 0.25) is 0 Å². The van der Waals surface area contributed by atoms with Gasteiger partial charge in [0.25, 0.3) is 0 Å². The van der Waals surface area contributed by atoms with Crippen molar-refractivity contribution in [3.05, 3.63) is 29.3 Å². The Balaban J connectivity index is 2.40. The van der Waals surface area contributed by atoms with Crippen molar-refractivity contribution in [1.29, 1.82) is 0 Å². The minimum absolute atomic E-state index is 0.720. The number of hydrogen-bond donors (Lipinski definition) is 1. The normalized spacial score (nSPS) is 10.8. The van der Waals surface area contributed by atoms with Crippen molar-refractivity contribution in [1.82, 2.24) is 5.32 Å². The summed E-state index contributed by atoms with van der Waals surface area (Å²) >= 11 is 0. The molecule has 0 heterocycles. The third-order valence-corrected chi connectivity index (χ3v) is 2.60. The molecule has 90 valence electrons. The smallest absolute Gasteiger partial charge is 0.121 e. The van der Waals surface area contributed by atoms with Crippen molar-refractivity contribution in [2.24, 2.45) is 5.92 Å². The molecular formula is C14H23NO. The lowest BCUT2D eigenvalue weighted by atomic mass is 10.1. The van der Waals surface area contributed by atoms with Crippen molar-refractivity contribution >= 4 is 0 Å². The molecule has 0 saturated heterocycles. The van der Waals surface area contributed by atoms with E-state index >= 15 is 0 Å². The number of benzene rings is 1. The molecule has 0 aliphatic heterocycles. The lowest BCUT2D eigenvalue weighted by Gasteiger charge is -2.09. The highest BCUT2D eigenvalue weighted by Crippen LogP contribution is 2.18. The average Bonchev–Trinajstić information content (AvgIpc) is 2.24. The number of ether oxygens (including phenoxy) is 1. The summed E-state index contributed by atoms with van der Waals surface area (Å²) in [6, 6.07) is 6.39. The maximum absolute atomic E-state index is 5.24. The molecule has 0 saturated carbocycles. The summed E-state index contributed by atoms with van der Waals surface area (Å²) in [6.07, 6.45) is 1.08. The molecular weight excluding hydrogens is 198 g/mol. The summed E-state index contributed by atoms with van der Waals surface area (Å²) < 4.78 is 5.24. The Labute approximate surface area is 99.0 Å². The quantitative estimate of drug-likeness (QED) is 0.746. The fraction of sp³-hybridized carbons (Fsp3) is 0.571. The number of hydrogen-bond acceptors (Lipinski definition) is 2. The second kappa shape index (κ2) is 6.54. The Bertz CT molecular complexity index is 321. The first-order chi connectivity index (χ1) is 7.63. The van der Waals surface area contributed by atoms with Crippen LogP contribution in [0, 0.1) is 12.8 Å². The van der Waals surface area contributed by atoms with E-state index in [9.17, 15) is 0 Å². The Morgan fingerprint density at radius 3 is 2.62 bits per heavy atom. The lowest BCUT2D eigenvalue weighted by molar-refractivity contribution is 0.411. The monoisotopic (exact) mass is 221 g/mol. The molecule has 0 radical (unpaired) electrons. The molecule has 0 fully saturated rings. The van der Waals surface area contributed by atoms with Crippen molar-refractivity contribution in [2.75, 3.05) is 20.2 Å². The van der Waals surface area contributed by atoms with Gasteiger partial charge in [-0.15, -0.1) is 0 Å². The third-order valence-electron chi connectivity index (χ3n) is 2.60. The van der Waals surface area contributed by atoms with Crippen LogP contribution < -0.4 is 10.1 Å². The number of methoxy groups -OCH3 is 1. The standard InChI is InChI=1S/C14H23NO/c1-11(2)10-15-8-7-13-5-6-14(16-4)12(3)9-13/h5-6,9,11,15H,7-8,10H2,1-4H3. The second-order valence-corrected chi connectivity index (χ2v) is 4.65. The highest BCUT2D eigenvalue weighted by atomic mass is 16.5. The Hall–Kier alpha value is -1.02. The van der Waals surface area contributed by atoms with E-state index < -0.39 is 0 Å². The largest absolute Gasteiger partial charge is 0.496 e. The van der Waals surface area contributed by atoms with Gasteiger partial charge in [0.05, 0.1) is 7.11 Å². The molecule has 2 heteroatoms. The Kier molecular flexibility index (Phi) is 5.33. The summed E-state index contributed by atoms with van der Waals surface area (Å²) in [5.74, 6) is 1.69. The van der Waals surface area contributed by atoms with Crippen LogP contribution in [0.3, 0.4) is 0 Å². The molecule has 0 bridgehead atoms. The summed E-state index contributed by atoms with van der Waals surface area (Å²) in [5.41, 5.74) is 2.58. The molecule has 0 spiro atoms. The first kappa shape index (κ1) is 13.0. The van der Waals surface area contributed by atoms with E-state index in [1.807, 2.05) is 6.07 Å². The molecule has 0 aliphatic rings. The molecule has 1 rings (SSSR count). The van der Waals surface area contributed by atoms with Crippen molar-refractivity contribution in [3.8, 4) is 5.75 Å². The van der Waals surface area contributed by atoms with Gasteiger partial charge in [-0.2, -0.15) is 0 Å². The van der Waals surface area contributed by atoms with Crippen LogP contribution in [0.4, 0.5) is 0 Å². The SMILES string of the molecule is COc1ccc(CCNCC(C)C)cc1C. The van der Waals surface area contributed by atoms with Gasteiger partial charge in [-0.05, 0) is 49.5 Å². The van der Waals surface area contributed by atoms with Gasteiger partial charge < -0.3 is 10.1 Å². The third kappa shape index (κ3) is 4.23. The van der Waals surface area contributed by atoms with E-state index in [1.165, 1.54) is 11.1 Å². The van der Waals surface area contributed by atoms with Crippen LogP contribution in [0.25, 0.3) is 0 Å². The summed E-state index contributed by atoms with van der Waals surface area (Å²) in [4.78, 5) is 0. The van der Waals surface area contributed by atoms with Crippen molar-refractivity contribution < 1.29 is 4.74 Å². The minimum atomic E-state index is 0.720. The summed E-state index contributed by atoms with van der Waals surface area (Å²) in [6.45, 7) is 8.68. The molecule has 16 heavy (non-hydrogen) atoms. The van der Waals surface area contributed by atoms with Gasteiger partial charge in [-0.25, -0.2) is 0 Å². The molecule has 0 atom stereocenters. The van der Waals surface area contributed by atoms with E-state index in [1.54, 1.807) is 7.11 Å². The molecule has 0 unspecified atom stereocenters. The second-order valence-electron chi connectivity index (χ2n) is 4.65. The molecule has 0 aromatic heterocycles. The molecule has 0 amide bonds. The van der Waals surface area contributed by atoms with Gasteiger partial charge >= 0.3 is 0 Å². The van der Waals surface area contributed by atoms with Crippen LogP contribution in [-0.2, 0) is 6.42 Å². The van der Waals surface area contributed by atoms with E-state index in [2.05, 4.69) is 38.2 Å². The maximum Gasteiger partial charge on any atom is 0.121 e. The zero-order valence-electron chi connectivity index (χ0n) is 10.8. The minimum Gasteiger partial charge on any atom is -0.496 e. The zero-order chi connectivity index (χ0) is 12.0. The predicted molar refractivity (Wildman–Crippen MR) is 69.1 cm³/mol. The summed E-state index contributed by atoms with van der Waals surface area (Å²) in [7, 11) is 1.71. The van der Waals surface area contributed by atoms with Crippen LogP contribution in [-0.4, -0.2) is 20.2 Å². The molecule has 2 nitrogen and oxygen atoms in total. The van der Waals surface area contributed by atoms with Gasteiger partial charge in [0, 0.05) is 0 Å². The van der Waals surface area contributed by atoms with Crippen molar-refractivity contribution in [3.63, 3.8) is 0 Å². The molecule has 1 N–H and O–H groups in total. The van der Waals surface area contributed by atoms with Crippen LogP contribution >= 0.6 is 0 Å². The Morgan fingerprint density at radius 2 is 2.06 bits per heavy atom. The van der Waals surface area contributed by atoms with Gasteiger partial charge in [-0.1, -0.05) is 26.0 Å². The number of nitrogens with one attached hydrogen (secondary N) is 1. The van der Waals surface area contributed by atoms with E-state index in [0.29, 0.717) is 0 Å². The van der Waals surface area contributed by atoms with E-state index in [4.69, 9.17) is 4.74 Å². The number of aryl methyl sites for hydroxylation is 1. The Morgan fingerprint density at radius 1 is 1.31 bits per heavy atom. The van der Waals surface area contributed by atoms with E-state index in [-0.39, 0.29) is 0 Å². The lowest BCUT2D eigenvalue weighted by Crippen LogP contribution is -2.22. The van der Waals surface area contributed by atoms with E-state index in [0.717, 1.165) is 31.2 Å². The van der Waals surface area contributed by atoms with Crippen LogP contribution in [0.15, 0.2) is 18.2 Å². The highest BCUT2D eigenvalue weighted by molar-refractivity contribution is 5.36. The van der Waals surface area contributed by atoms with Crippen molar-refractivity contribution in [2.45, 2.75) is 27.2 Å². The highest BCUT2D eigenvalue weighted by Gasteiger charge is 2.00. The molecule has 0 aliphatic carbocycles. The van der Waals surface area contributed by atoms with Gasteiger partial charge in [0.1, 0.15) is 5.75 Å². The molecule has 1 aromatic rings. The maximum atomic E-state index is 5.24. The predicted octanol–water partition coefficient (Wildman–Crippen LogP) is 2.79. The first-order valence-corrected chi connectivity index (χ1v) is 5.97. The van der Waals surface area contributed by atoms with Crippen LogP contribution in [0.5, 0.6) is 5.75 Å². The number of rotatable bonds is 6. The average molecular weight is 221 g/mol. The van der Waals surface area contributed by atoms with Gasteiger partial charge in [0.15, 0.2) is 0 Å². The fourth-order valence-corrected chi connectivity index (χ4v) is 1.72. The topological polar surface area (TPSA) is 21.3 Å². The van der Waals surface area contributed by atoms with Crippen LogP contribution in [0.2, 0.25) is 0 Å². The fourth-order valence-electron chi connectivity index (χ4n) is 1.72.